The molecule has 0 aliphatic carbocycles. The van der Waals surface area contributed by atoms with Gasteiger partial charge in [-0.15, -0.1) is 11.3 Å². The van der Waals surface area contributed by atoms with Gasteiger partial charge >= 0.3 is 5.97 Å². The number of hydrogen-bond donors (Lipinski definition) is 0. The summed E-state index contributed by atoms with van der Waals surface area (Å²) in [7, 11) is 1.34. The summed E-state index contributed by atoms with van der Waals surface area (Å²) in [6.45, 7) is 0. The van der Waals surface area contributed by atoms with E-state index in [4.69, 9.17) is 0 Å². The van der Waals surface area contributed by atoms with E-state index in [1.54, 1.807) is 16.4 Å². The molecular formula is C7H6BrNO2S. The smallest absolute Gasteiger partial charge is 0.357 e. The van der Waals surface area contributed by atoms with E-state index in [0.29, 0.717) is 5.69 Å². The Bertz CT molecular complexity index is 308. The maximum atomic E-state index is 10.9. The van der Waals surface area contributed by atoms with Crippen LogP contribution in [0.15, 0.2) is 10.4 Å². The molecular weight excluding hydrogens is 242 g/mol. The van der Waals surface area contributed by atoms with Crippen LogP contribution in [0.1, 0.15) is 15.5 Å². The fourth-order valence-corrected chi connectivity index (χ4v) is 1.72. The summed E-state index contributed by atoms with van der Waals surface area (Å²) in [5.41, 5.74) is 0.350. The molecule has 1 heterocycles. The molecule has 64 valence electrons. The highest BCUT2D eigenvalue weighted by atomic mass is 79.9. The lowest BCUT2D eigenvalue weighted by Crippen LogP contribution is -2.00. The van der Waals surface area contributed by atoms with E-state index in [-0.39, 0.29) is 0 Å². The van der Waals surface area contributed by atoms with Gasteiger partial charge in [0.1, 0.15) is 5.01 Å². The average Bonchev–Trinajstić information content (AvgIpc) is 2.52. The highest BCUT2D eigenvalue weighted by molar-refractivity contribution is 9.11. The van der Waals surface area contributed by atoms with E-state index >= 15 is 0 Å². The van der Waals surface area contributed by atoms with Gasteiger partial charge < -0.3 is 4.74 Å². The van der Waals surface area contributed by atoms with Crippen LogP contribution < -0.4 is 0 Å². The normalized spacial score (nSPS) is 10.5. The first-order chi connectivity index (χ1) is 5.77. The maximum Gasteiger partial charge on any atom is 0.357 e. The van der Waals surface area contributed by atoms with Crippen molar-refractivity contribution in [2.24, 2.45) is 0 Å². The van der Waals surface area contributed by atoms with Crippen molar-refractivity contribution in [1.82, 2.24) is 4.98 Å². The average molecular weight is 248 g/mol. The van der Waals surface area contributed by atoms with E-state index < -0.39 is 5.97 Å². The number of carbonyl (C=O) groups excluding carboxylic acids is 1. The summed E-state index contributed by atoms with van der Waals surface area (Å²) >= 11 is 4.51. The van der Waals surface area contributed by atoms with Crippen molar-refractivity contribution in [2.75, 3.05) is 7.11 Å². The van der Waals surface area contributed by atoms with E-state index in [1.807, 2.05) is 0 Å². The lowest BCUT2D eigenvalue weighted by molar-refractivity contribution is 0.0595. The number of ether oxygens (including phenoxy) is 1. The zero-order chi connectivity index (χ0) is 8.97. The number of hydrogen-bond acceptors (Lipinski definition) is 4. The van der Waals surface area contributed by atoms with Crippen LogP contribution in [-0.2, 0) is 4.74 Å². The van der Waals surface area contributed by atoms with Gasteiger partial charge in [-0.1, -0.05) is 15.9 Å². The summed E-state index contributed by atoms with van der Waals surface area (Å²) in [6.07, 6.45) is 1.76. The highest BCUT2D eigenvalue weighted by Crippen LogP contribution is 2.12. The van der Waals surface area contributed by atoms with Crippen LogP contribution in [0.4, 0.5) is 0 Å². The fourth-order valence-electron chi connectivity index (χ4n) is 0.616. The minimum absolute atomic E-state index is 0.350. The summed E-state index contributed by atoms with van der Waals surface area (Å²) in [5.74, 6) is -0.402. The lowest BCUT2D eigenvalue weighted by Gasteiger charge is -1.90. The number of halogens is 1. The van der Waals surface area contributed by atoms with Crippen molar-refractivity contribution in [3.8, 4) is 0 Å². The predicted molar refractivity (Wildman–Crippen MR) is 51.4 cm³/mol. The molecule has 0 aliphatic rings. The van der Waals surface area contributed by atoms with Crippen LogP contribution in [0.3, 0.4) is 0 Å². The van der Waals surface area contributed by atoms with Gasteiger partial charge in [-0.05, 0) is 11.1 Å². The number of esters is 1. The molecule has 0 amide bonds. The molecule has 1 rings (SSSR count). The summed E-state index contributed by atoms with van der Waals surface area (Å²) in [4.78, 5) is 16.6. The molecule has 0 N–H and O–H groups in total. The van der Waals surface area contributed by atoms with Crippen molar-refractivity contribution in [1.29, 1.82) is 0 Å². The monoisotopic (exact) mass is 247 g/mol. The van der Waals surface area contributed by atoms with Crippen LogP contribution in [0.5, 0.6) is 0 Å². The number of methoxy groups -OCH3 is 1. The van der Waals surface area contributed by atoms with Crippen LogP contribution in [-0.4, -0.2) is 18.1 Å². The molecule has 0 saturated carbocycles. The van der Waals surface area contributed by atoms with Crippen molar-refractivity contribution in [3.63, 3.8) is 0 Å². The molecule has 1 aromatic rings. The molecule has 12 heavy (non-hydrogen) atoms. The van der Waals surface area contributed by atoms with Gasteiger partial charge in [0, 0.05) is 5.38 Å². The molecule has 0 fully saturated rings. The second kappa shape index (κ2) is 4.37. The Morgan fingerprint density at radius 1 is 1.83 bits per heavy atom. The van der Waals surface area contributed by atoms with Crippen molar-refractivity contribution < 1.29 is 9.53 Å². The van der Waals surface area contributed by atoms with E-state index in [9.17, 15) is 4.79 Å². The van der Waals surface area contributed by atoms with Crippen molar-refractivity contribution >= 4 is 39.3 Å². The molecule has 0 saturated heterocycles. The number of nitrogens with zero attached hydrogens (tertiary/aromatic N) is 1. The first kappa shape index (κ1) is 9.41. The van der Waals surface area contributed by atoms with E-state index in [2.05, 4.69) is 25.7 Å². The second-order valence-electron chi connectivity index (χ2n) is 1.86. The Balaban J connectivity index is 2.84. The molecule has 3 nitrogen and oxygen atoms in total. The molecule has 0 aromatic carbocycles. The first-order valence-electron chi connectivity index (χ1n) is 3.08. The first-order valence-corrected chi connectivity index (χ1v) is 4.88. The fraction of sp³-hybridized carbons (Fsp3) is 0.143. The third-order valence-corrected chi connectivity index (χ3v) is 2.20. The largest absolute Gasteiger partial charge is 0.464 e. The van der Waals surface area contributed by atoms with Crippen LogP contribution in [0, 0.1) is 0 Å². The predicted octanol–water partition coefficient (Wildman–Crippen LogP) is 2.30. The molecule has 0 atom stereocenters. The Kier molecular flexibility index (Phi) is 3.43. The van der Waals surface area contributed by atoms with Crippen LogP contribution in [0.25, 0.3) is 6.08 Å². The van der Waals surface area contributed by atoms with Gasteiger partial charge in [-0.2, -0.15) is 0 Å². The molecule has 0 bridgehead atoms. The van der Waals surface area contributed by atoms with Gasteiger partial charge in [0.2, 0.25) is 0 Å². The standard InChI is InChI=1S/C7H6BrNO2S/c1-11-7(10)5-4-12-6(9-5)2-3-8/h2-4H,1H3/b3-2-. The molecule has 0 unspecified atom stereocenters. The summed E-state index contributed by atoms with van der Waals surface area (Å²) in [6, 6.07) is 0. The summed E-state index contributed by atoms with van der Waals surface area (Å²) in [5, 5.41) is 2.43. The second-order valence-corrected chi connectivity index (χ2v) is 3.27. The topological polar surface area (TPSA) is 39.2 Å². The summed E-state index contributed by atoms with van der Waals surface area (Å²) < 4.78 is 4.50. The lowest BCUT2D eigenvalue weighted by atomic mass is 10.5. The van der Waals surface area contributed by atoms with Crippen molar-refractivity contribution in [2.45, 2.75) is 0 Å². The van der Waals surface area contributed by atoms with Crippen LogP contribution >= 0.6 is 27.3 Å². The van der Waals surface area contributed by atoms with Gasteiger partial charge in [-0.3, -0.25) is 0 Å². The quantitative estimate of drug-likeness (QED) is 0.754. The van der Waals surface area contributed by atoms with Gasteiger partial charge in [-0.25, -0.2) is 9.78 Å². The third-order valence-electron chi connectivity index (χ3n) is 1.12. The SMILES string of the molecule is COC(=O)c1csc(/C=C\Br)n1. The van der Waals surface area contributed by atoms with Gasteiger partial charge in [0.05, 0.1) is 7.11 Å². The molecule has 0 spiro atoms. The number of thiazole rings is 1. The van der Waals surface area contributed by atoms with E-state index in [0.717, 1.165) is 5.01 Å². The zero-order valence-corrected chi connectivity index (χ0v) is 8.68. The molecule has 5 heteroatoms. The minimum atomic E-state index is -0.402. The van der Waals surface area contributed by atoms with Gasteiger partial charge in [0.25, 0.3) is 0 Å². The Hall–Kier alpha value is -0.680. The van der Waals surface area contributed by atoms with Gasteiger partial charge in [0.15, 0.2) is 5.69 Å². The Morgan fingerprint density at radius 3 is 3.17 bits per heavy atom. The number of aromatic nitrogens is 1. The maximum absolute atomic E-state index is 10.9. The Labute approximate surface area is 82.2 Å². The molecule has 1 aromatic heterocycles. The van der Waals surface area contributed by atoms with Crippen LogP contribution in [0.2, 0.25) is 0 Å². The molecule has 0 radical (unpaired) electrons. The minimum Gasteiger partial charge on any atom is -0.464 e. The third kappa shape index (κ3) is 2.15. The zero-order valence-electron chi connectivity index (χ0n) is 6.28. The highest BCUT2D eigenvalue weighted by Gasteiger charge is 2.08. The molecule has 0 aliphatic heterocycles. The Morgan fingerprint density at radius 2 is 2.58 bits per heavy atom. The van der Waals surface area contributed by atoms with Crippen molar-refractivity contribution in [3.05, 3.63) is 21.1 Å². The number of rotatable bonds is 2. The number of carbonyl (C=O) groups is 1. The van der Waals surface area contributed by atoms with E-state index in [1.165, 1.54) is 18.4 Å².